The van der Waals surface area contributed by atoms with Gasteiger partial charge in [-0.25, -0.2) is 0 Å². The fraction of sp³-hybridized carbons (Fsp3) is 0.480. The number of amides is 1. The monoisotopic (exact) mass is 497 g/mol. The Morgan fingerprint density at radius 1 is 1.09 bits per heavy atom. The minimum atomic E-state index is -4.67. The lowest BCUT2D eigenvalue weighted by Gasteiger charge is -2.33. The highest BCUT2D eigenvalue weighted by atomic mass is 32.2. The minimum Gasteiger partial charge on any atom is -0.379 e. The van der Waals surface area contributed by atoms with Gasteiger partial charge in [0.05, 0.1) is 5.56 Å². The van der Waals surface area contributed by atoms with Crippen LogP contribution in [0, 0.1) is 5.92 Å². The highest BCUT2D eigenvalue weighted by Crippen LogP contribution is 2.32. The van der Waals surface area contributed by atoms with Gasteiger partial charge in [0.25, 0.3) is 0 Å². The van der Waals surface area contributed by atoms with E-state index in [1.807, 2.05) is 18.7 Å². The molecule has 1 saturated carbocycles. The maximum absolute atomic E-state index is 13.2. The second-order valence-electron chi connectivity index (χ2n) is 8.77. The van der Waals surface area contributed by atoms with E-state index in [1.165, 1.54) is 12.1 Å². The summed E-state index contributed by atoms with van der Waals surface area (Å²) >= 11 is 0. The number of benzene rings is 2. The van der Waals surface area contributed by atoms with Crippen LogP contribution in [0.25, 0.3) is 0 Å². The van der Waals surface area contributed by atoms with Crippen LogP contribution >= 0.6 is 0 Å². The Labute approximate surface area is 199 Å². The van der Waals surface area contributed by atoms with Crippen LogP contribution in [-0.2, 0) is 27.6 Å². The lowest BCUT2D eigenvalue weighted by Crippen LogP contribution is -2.42. The average Bonchev–Trinajstić information content (AvgIpc) is 2.81. The standard InChI is InChI=1S/C25H30F3NO4S/c1-3-18(2)29(24(30)20-10-5-4-6-11-20)17-19-9-7-13-22(15-19)33-34(31,32)23-14-8-12-21(16-23)25(26,27)28/h7-9,12-16,18,20H,3-6,10-11,17H2,1-2H3. The Balaban J connectivity index is 1.80. The molecule has 0 aliphatic heterocycles. The third-order valence-electron chi connectivity index (χ3n) is 6.27. The quantitative estimate of drug-likeness (QED) is 0.409. The van der Waals surface area contributed by atoms with Crippen molar-refractivity contribution >= 4 is 16.0 Å². The maximum atomic E-state index is 13.2. The van der Waals surface area contributed by atoms with Crippen molar-refractivity contribution in [1.29, 1.82) is 0 Å². The van der Waals surface area contributed by atoms with Crippen molar-refractivity contribution in [2.75, 3.05) is 0 Å². The lowest BCUT2D eigenvalue weighted by molar-refractivity contribution is -0.139. The van der Waals surface area contributed by atoms with E-state index in [1.54, 1.807) is 12.1 Å². The van der Waals surface area contributed by atoms with Crippen LogP contribution in [0.4, 0.5) is 13.2 Å². The van der Waals surface area contributed by atoms with Gasteiger partial charge in [-0.05, 0) is 62.1 Å². The zero-order chi connectivity index (χ0) is 24.9. The van der Waals surface area contributed by atoms with Crippen LogP contribution in [0.1, 0.15) is 63.5 Å². The van der Waals surface area contributed by atoms with E-state index < -0.39 is 26.8 Å². The van der Waals surface area contributed by atoms with Crippen molar-refractivity contribution in [2.24, 2.45) is 5.92 Å². The molecule has 34 heavy (non-hydrogen) atoms. The maximum Gasteiger partial charge on any atom is 0.416 e. The molecule has 3 rings (SSSR count). The molecule has 5 nitrogen and oxygen atoms in total. The van der Waals surface area contributed by atoms with E-state index >= 15 is 0 Å². The topological polar surface area (TPSA) is 63.7 Å². The molecule has 0 bridgehead atoms. The van der Waals surface area contributed by atoms with E-state index in [4.69, 9.17) is 4.18 Å². The Hall–Kier alpha value is -2.55. The smallest absolute Gasteiger partial charge is 0.379 e. The van der Waals surface area contributed by atoms with Gasteiger partial charge < -0.3 is 9.08 Å². The van der Waals surface area contributed by atoms with Gasteiger partial charge in [0.2, 0.25) is 5.91 Å². The first-order valence-electron chi connectivity index (χ1n) is 11.5. The summed E-state index contributed by atoms with van der Waals surface area (Å²) in [5, 5.41) is 0. The van der Waals surface area contributed by atoms with Crippen LogP contribution in [0.3, 0.4) is 0 Å². The SMILES string of the molecule is CCC(C)N(Cc1cccc(OS(=O)(=O)c2cccc(C(F)(F)F)c2)c1)C(=O)C1CCCCC1. The molecule has 1 unspecified atom stereocenters. The summed E-state index contributed by atoms with van der Waals surface area (Å²) in [7, 11) is -4.48. The second kappa shape index (κ2) is 10.8. The van der Waals surface area contributed by atoms with Crippen LogP contribution in [0.15, 0.2) is 53.4 Å². The molecule has 1 aliphatic carbocycles. The highest BCUT2D eigenvalue weighted by Gasteiger charge is 2.32. The van der Waals surface area contributed by atoms with Crippen molar-refractivity contribution in [3.05, 3.63) is 59.7 Å². The molecule has 1 fully saturated rings. The summed E-state index contributed by atoms with van der Waals surface area (Å²) < 4.78 is 69.4. The summed E-state index contributed by atoms with van der Waals surface area (Å²) in [5.41, 5.74) is -0.391. The minimum absolute atomic E-state index is 0.00321. The van der Waals surface area contributed by atoms with Crippen LogP contribution in [-0.4, -0.2) is 25.3 Å². The van der Waals surface area contributed by atoms with Crippen molar-refractivity contribution in [3.8, 4) is 5.75 Å². The van der Waals surface area contributed by atoms with Crippen LogP contribution in [0.2, 0.25) is 0 Å². The highest BCUT2D eigenvalue weighted by molar-refractivity contribution is 7.87. The zero-order valence-electron chi connectivity index (χ0n) is 19.3. The molecule has 1 atom stereocenters. The number of nitrogens with zero attached hydrogens (tertiary/aromatic N) is 1. The number of rotatable bonds is 8. The average molecular weight is 498 g/mol. The predicted molar refractivity (Wildman–Crippen MR) is 123 cm³/mol. The molecule has 0 spiro atoms. The molecule has 0 N–H and O–H groups in total. The molecular formula is C25H30F3NO4S. The number of halogens is 3. The Morgan fingerprint density at radius 3 is 2.41 bits per heavy atom. The van der Waals surface area contributed by atoms with Gasteiger partial charge in [-0.1, -0.05) is 44.4 Å². The first-order valence-corrected chi connectivity index (χ1v) is 12.9. The summed E-state index contributed by atoms with van der Waals surface area (Å²) in [6.45, 7) is 4.29. The molecule has 9 heteroatoms. The van der Waals surface area contributed by atoms with Crippen molar-refractivity contribution in [2.45, 2.75) is 76.0 Å². The van der Waals surface area contributed by atoms with Crippen LogP contribution in [0.5, 0.6) is 5.75 Å². The molecule has 1 aliphatic rings. The van der Waals surface area contributed by atoms with E-state index in [9.17, 15) is 26.4 Å². The van der Waals surface area contributed by atoms with E-state index in [0.717, 1.165) is 56.7 Å². The van der Waals surface area contributed by atoms with E-state index in [2.05, 4.69) is 0 Å². The van der Waals surface area contributed by atoms with Crippen LogP contribution < -0.4 is 4.18 Å². The third kappa shape index (κ3) is 6.52. The fourth-order valence-corrected chi connectivity index (χ4v) is 5.12. The van der Waals surface area contributed by atoms with Crippen molar-refractivity contribution in [1.82, 2.24) is 4.90 Å². The van der Waals surface area contributed by atoms with Gasteiger partial charge >= 0.3 is 16.3 Å². The molecule has 0 radical (unpaired) electrons. The third-order valence-corrected chi connectivity index (χ3v) is 7.51. The summed E-state index contributed by atoms with van der Waals surface area (Å²) in [4.78, 5) is 14.5. The van der Waals surface area contributed by atoms with Gasteiger partial charge in [0.15, 0.2) is 0 Å². The van der Waals surface area contributed by atoms with Gasteiger partial charge in [0, 0.05) is 18.5 Å². The molecule has 0 saturated heterocycles. The number of carbonyl (C=O) groups is 1. The zero-order valence-corrected chi connectivity index (χ0v) is 20.2. The molecular weight excluding hydrogens is 467 g/mol. The Kier molecular flexibility index (Phi) is 8.28. The molecule has 0 heterocycles. The normalized spacial score (nSPS) is 16.1. The summed E-state index contributed by atoms with van der Waals surface area (Å²) in [6.07, 6.45) is 1.10. The first kappa shape index (κ1) is 26.1. The summed E-state index contributed by atoms with van der Waals surface area (Å²) in [6, 6.07) is 9.74. The van der Waals surface area contributed by atoms with E-state index in [-0.39, 0.29) is 23.6 Å². The van der Waals surface area contributed by atoms with Gasteiger partial charge in [-0.15, -0.1) is 0 Å². The number of carbonyl (C=O) groups excluding carboxylic acids is 1. The van der Waals surface area contributed by atoms with Crippen molar-refractivity contribution < 1.29 is 30.6 Å². The van der Waals surface area contributed by atoms with Gasteiger partial charge in [-0.3, -0.25) is 4.79 Å². The van der Waals surface area contributed by atoms with Crippen molar-refractivity contribution in [3.63, 3.8) is 0 Å². The number of hydrogen-bond donors (Lipinski definition) is 0. The largest absolute Gasteiger partial charge is 0.416 e. The van der Waals surface area contributed by atoms with Gasteiger partial charge in [0.1, 0.15) is 10.6 Å². The predicted octanol–water partition coefficient (Wildman–Crippen LogP) is 6.18. The lowest BCUT2D eigenvalue weighted by atomic mass is 9.87. The fourth-order valence-electron chi connectivity index (χ4n) is 4.15. The Bertz CT molecular complexity index is 1100. The molecule has 0 aromatic heterocycles. The molecule has 2 aromatic rings. The first-order chi connectivity index (χ1) is 16.0. The van der Waals surface area contributed by atoms with Gasteiger partial charge in [-0.2, -0.15) is 21.6 Å². The molecule has 1 amide bonds. The molecule has 2 aromatic carbocycles. The second-order valence-corrected chi connectivity index (χ2v) is 10.3. The molecule has 186 valence electrons. The summed E-state index contributed by atoms with van der Waals surface area (Å²) in [5.74, 6) is 0.0876. The Morgan fingerprint density at radius 2 is 1.76 bits per heavy atom. The number of hydrogen-bond acceptors (Lipinski definition) is 4. The number of alkyl halides is 3. The van der Waals surface area contributed by atoms with E-state index in [0.29, 0.717) is 18.2 Å².